The van der Waals surface area contributed by atoms with Crippen molar-refractivity contribution in [2.45, 2.75) is 6.04 Å². The zero-order chi connectivity index (χ0) is 20.8. The third-order valence-corrected chi connectivity index (χ3v) is 5.69. The van der Waals surface area contributed by atoms with E-state index in [0.717, 1.165) is 44.7 Å². The van der Waals surface area contributed by atoms with Crippen molar-refractivity contribution in [3.05, 3.63) is 102 Å². The Balaban J connectivity index is 1.49. The van der Waals surface area contributed by atoms with Gasteiger partial charge < -0.3 is 10.3 Å². The second-order valence-electron chi connectivity index (χ2n) is 7.48. The molecule has 1 atom stereocenters. The summed E-state index contributed by atoms with van der Waals surface area (Å²) in [7, 11) is 0. The van der Waals surface area contributed by atoms with Crippen molar-refractivity contribution in [3.8, 4) is 22.5 Å². The summed E-state index contributed by atoms with van der Waals surface area (Å²) in [4.78, 5) is 29.3. The number of pyridine rings is 2. The summed E-state index contributed by atoms with van der Waals surface area (Å²) < 4.78 is 0. The van der Waals surface area contributed by atoms with Gasteiger partial charge in [0.05, 0.1) is 28.8 Å². The molecule has 5 aromatic rings. The van der Waals surface area contributed by atoms with Gasteiger partial charge in [-0.2, -0.15) is 0 Å². The summed E-state index contributed by atoms with van der Waals surface area (Å²) in [5, 5.41) is 3.19. The van der Waals surface area contributed by atoms with Gasteiger partial charge >= 0.3 is 0 Å². The highest BCUT2D eigenvalue weighted by molar-refractivity contribution is 5.97. The Kier molecular flexibility index (Phi) is 3.89. The lowest BCUT2D eigenvalue weighted by molar-refractivity contribution is 0.0943. The zero-order valence-electron chi connectivity index (χ0n) is 16.4. The summed E-state index contributed by atoms with van der Waals surface area (Å²) in [6, 6.07) is 19.5. The van der Waals surface area contributed by atoms with E-state index < -0.39 is 0 Å². The fourth-order valence-electron chi connectivity index (χ4n) is 4.30. The van der Waals surface area contributed by atoms with Crippen LogP contribution < -0.4 is 5.32 Å². The van der Waals surface area contributed by atoms with Crippen LogP contribution in [-0.2, 0) is 0 Å². The van der Waals surface area contributed by atoms with E-state index in [2.05, 4.69) is 44.5 Å². The number of H-pyrrole nitrogens is 1. The monoisotopic (exact) mass is 403 g/mol. The normalized spacial score (nSPS) is 14.3. The number of aromatic nitrogens is 4. The van der Waals surface area contributed by atoms with Crippen molar-refractivity contribution in [3.63, 3.8) is 0 Å². The molecule has 0 saturated carbocycles. The van der Waals surface area contributed by atoms with Crippen LogP contribution in [0.3, 0.4) is 0 Å². The van der Waals surface area contributed by atoms with E-state index in [1.807, 2.05) is 24.3 Å². The first-order valence-corrected chi connectivity index (χ1v) is 10.0. The number of fused-ring (bicyclic) bond motifs is 4. The first-order valence-electron chi connectivity index (χ1n) is 10.0. The average molecular weight is 403 g/mol. The van der Waals surface area contributed by atoms with Gasteiger partial charge in [0.25, 0.3) is 5.91 Å². The standard InChI is InChI=1S/C25H17N5O/c31-25(15-5-4-11-26-13-15)30-23-17-7-2-1-6-16(17)22-18(23)8-3-9-19(22)24-28-20-10-12-27-14-21(20)29-24/h1-14,23H,(H,28,29)(H,30,31)/t23-/m1/s1. The lowest BCUT2D eigenvalue weighted by Crippen LogP contribution is -2.28. The third-order valence-electron chi connectivity index (χ3n) is 5.69. The highest BCUT2D eigenvalue weighted by atomic mass is 16.1. The molecular weight excluding hydrogens is 386 g/mol. The van der Waals surface area contributed by atoms with Gasteiger partial charge in [-0.15, -0.1) is 0 Å². The molecule has 6 nitrogen and oxygen atoms in total. The van der Waals surface area contributed by atoms with Crippen LogP contribution in [0.25, 0.3) is 33.5 Å². The molecule has 0 aliphatic heterocycles. The Morgan fingerprint density at radius 3 is 2.55 bits per heavy atom. The number of carbonyl (C=O) groups excluding carboxylic acids is 1. The molecule has 0 bridgehead atoms. The first kappa shape index (κ1) is 17.5. The lowest BCUT2D eigenvalue weighted by Gasteiger charge is -2.16. The highest BCUT2D eigenvalue weighted by Gasteiger charge is 2.32. The Labute approximate surface area is 178 Å². The molecule has 0 radical (unpaired) electrons. The van der Waals surface area contributed by atoms with Crippen molar-refractivity contribution in [1.29, 1.82) is 0 Å². The van der Waals surface area contributed by atoms with Crippen molar-refractivity contribution in [2.75, 3.05) is 0 Å². The van der Waals surface area contributed by atoms with Gasteiger partial charge in [0.2, 0.25) is 0 Å². The third kappa shape index (κ3) is 2.80. The van der Waals surface area contributed by atoms with E-state index in [9.17, 15) is 4.79 Å². The fourth-order valence-corrected chi connectivity index (χ4v) is 4.30. The van der Waals surface area contributed by atoms with Gasteiger partial charge in [-0.1, -0.05) is 42.5 Å². The van der Waals surface area contributed by atoms with E-state index in [4.69, 9.17) is 4.98 Å². The largest absolute Gasteiger partial charge is 0.341 e. The molecule has 2 N–H and O–H groups in total. The molecule has 1 aliphatic carbocycles. The minimum absolute atomic E-state index is 0.152. The summed E-state index contributed by atoms with van der Waals surface area (Å²) in [6.07, 6.45) is 6.75. The number of hydrogen-bond donors (Lipinski definition) is 2. The van der Waals surface area contributed by atoms with Crippen LogP contribution in [0.2, 0.25) is 0 Å². The Bertz CT molecular complexity index is 1410. The maximum atomic E-state index is 12.9. The molecule has 0 spiro atoms. The van der Waals surface area contributed by atoms with Crippen molar-refractivity contribution in [1.82, 2.24) is 25.3 Å². The maximum absolute atomic E-state index is 12.9. The quantitative estimate of drug-likeness (QED) is 0.464. The molecule has 0 unspecified atom stereocenters. The number of imidazole rings is 1. The molecule has 3 aromatic heterocycles. The molecule has 0 fully saturated rings. The van der Waals surface area contributed by atoms with Gasteiger partial charge in [-0.3, -0.25) is 14.8 Å². The maximum Gasteiger partial charge on any atom is 0.253 e. The van der Waals surface area contributed by atoms with Crippen molar-refractivity contribution < 1.29 is 4.79 Å². The Hall–Kier alpha value is -4.32. The predicted molar refractivity (Wildman–Crippen MR) is 118 cm³/mol. The van der Waals surface area contributed by atoms with Gasteiger partial charge in [-0.25, -0.2) is 4.98 Å². The lowest BCUT2D eigenvalue weighted by atomic mass is 9.98. The molecule has 2 aromatic carbocycles. The number of nitrogens with zero attached hydrogens (tertiary/aromatic N) is 3. The van der Waals surface area contributed by atoms with E-state index in [0.29, 0.717) is 5.56 Å². The fraction of sp³-hybridized carbons (Fsp3) is 0.0400. The number of carbonyl (C=O) groups is 1. The molecule has 148 valence electrons. The Morgan fingerprint density at radius 2 is 1.68 bits per heavy atom. The van der Waals surface area contributed by atoms with Crippen LogP contribution in [0.5, 0.6) is 0 Å². The molecular formula is C25H17N5O. The van der Waals surface area contributed by atoms with Crippen LogP contribution in [-0.4, -0.2) is 25.8 Å². The van der Waals surface area contributed by atoms with Crippen LogP contribution in [0.1, 0.15) is 27.5 Å². The number of hydrogen-bond acceptors (Lipinski definition) is 4. The topological polar surface area (TPSA) is 83.6 Å². The number of rotatable bonds is 3. The van der Waals surface area contributed by atoms with E-state index >= 15 is 0 Å². The SMILES string of the molecule is O=C(N[C@@H]1c2ccccc2-c2c(-c3nc4ccncc4[nH]3)cccc21)c1cccnc1. The molecule has 3 heterocycles. The van der Waals surface area contributed by atoms with Gasteiger partial charge in [0.15, 0.2) is 0 Å². The molecule has 31 heavy (non-hydrogen) atoms. The average Bonchev–Trinajstić information content (AvgIpc) is 3.39. The highest BCUT2D eigenvalue weighted by Crippen LogP contribution is 2.47. The predicted octanol–water partition coefficient (Wildman–Crippen LogP) is 4.52. The first-order chi connectivity index (χ1) is 15.3. The molecule has 6 heteroatoms. The summed E-state index contributed by atoms with van der Waals surface area (Å²) in [5.41, 5.74) is 7.60. The van der Waals surface area contributed by atoms with E-state index in [-0.39, 0.29) is 11.9 Å². The number of nitrogens with one attached hydrogen (secondary N) is 2. The van der Waals surface area contributed by atoms with Gasteiger partial charge in [0, 0.05) is 24.2 Å². The van der Waals surface area contributed by atoms with Crippen LogP contribution in [0.15, 0.2) is 85.5 Å². The molecule has 0 saturated heterocycles. The number of amides is 1. The van der Waals surface area contributed by atoms with Gasteiger partial charge in [-0.05, 0) is 40.5 Å². The van der Waals surface area contributed by atoms with Crippen LogP contribution in [0, 0.1) is 0 Å². The summed E-state index contributed by atoms with van der Waals surface area (Å²) in [5.74, 6) is 0.634. The van der Waals surface area contributed by atoms with Crippen molar-refractivity contribution in [2.24, 2.45) is 0 Å². The Morgan fingerprint density at radius 1 is 0.839 bits per heavy atom. The van der Waals surface area contributed by atoms with E-state index in [1.54, 1.807) is 36.9 Å². The number of aromatic amines is 1. The zero-order valence-corrected chi connectivity index (χ0v) is 16.4. The second kappa shape index (κ2) is 6.88. The number of benzene rings is 2. The molecule has 1 amide bonds. The molecule has 6 rings (SSSR count). The van der Waals surface area contributed by atoms with E-state index in [1.165, 1.54) is 0 Å². The van der Waals surface area contributed by atoms with Crippen molar-refractivity contribution >= 4 is 16.9 Å². The second-order valence-corrected chi connectivity index (χ2v) is 7.48. The van der Waals surface area contributed by atoms with Gasteiger partial charge in [0.1, 0.15) is 5.82 Å². The van der Waals surface area contributed by atoms with Crippen LogP contribution in [0.4, 0.5) is 0 Å². The minimum atomic E-state index is -0.245. The molecule has 1 aliphatic rings. The van der Waals surface area contributed by atoms with Crippen LogP contribution >= 0.6 is 0 Å². The summed E-state index contributed by atoms with van der Waals surface area (Å²) >= 11 is 0. The summed E-state index contributed by atoms with van der Waals surface area (Å²) in [6.45, 7) is 0. The smallest absolute Gasteiger partial charge is 0.253 e. The minimum Gasteiger partial charge on any atom is -0.341 e.